The van der Waals surface area contributed by atoms with Crippen LogP contribution in [-0.4, -0.2) is 166 Å². The third-order valence-electron chi connectivity index (χ3n) is 12.7. The van der Waals surface area contributed by atoms with Crippen molar-refractivity contribution in [2.45, 2.75) is 184 Å². The van der Waals surface area contributed by atoms with E-state index in [0.717, 1.165) is 38.5 Å². The van der Waals surface area contributed by atoms with Gasteiger partial charge in [0.1, 0.15) is 54.6 Å². The van der Waals surface area contributed by atoms with Crippen molar-refractivity contribution in [3.63, 3.8) is 0 Å². The Kier molecular flexibility index (Phi) is 17.5. The van der Waals surface area contributed by atoms with Crippen LogP contribution >= 0.6 is 0 Å². The minimum atomic E-state index is -5.07. The van der Waals surface area contributed by atoms with E-state index in [9.17, 15) is 57.9 Å². The number of rotatable bonds is 17. The van der Waals surface area contributed by atoms with Gasteiger partial charge in [-0.15, -0.1) is 0 Å². The van der Waals surface area contributed by atoms with E-state index < -0.39 is 123 Å². The maximum atomic E-state index is 13.9. The number of carbonyl (C=O) groups is 4. The highest BCUT2D eigenvalue weighted by atomic mass is 19.4. The molecule has 3 amide bonds. The number of Topliss-reactive ketones (excluding diaryl/α,β-unsaturated/α-hetero) is 1. The number of aliphatic hydroxyl groups excluding tert-OH is 5. The summed E-state index contributed by atoms with van der Waals surface area (Å²) in [5.41, 5.74) is 0. The molecule has 2 aliphatic carbocycles. The first-order valence-corrected chi connectivity index (χ1v) is 21.5. The number of ether oxygens (including phenoxy) is 5. The van der Waals surface area contributed by atoms with Crippen LogP contribution in [0, 0.1) is 17.8 Å². The topological polar surface area (TPSA) is 243 Å². The summed E-state index contributed by atoms with van der Waals surface area (Å²) in [6.45, 7) is 4.53. The Bertz CT molecular complexity index is 1440. The van der Waals surface area contributed by atoms with Gasteiger partial charge in [0, 0.05) is 38.9 Å². The molecule has 0 spiro atoms. The number of hydrogen-bond donors (Lipinski definition) is 7. The Balaban J connectivity index is 1.43. The number of aliphatic hydroxyl groups is 5. The molecule has 0 bridgehead atoms. The molecule has 3 heterocycles. The molecule has 0 aromatic carbocycles. The molecule has 15 atom stereocenters. The second kappa shape index (κ2) is 21.7. The zero-order valence-corrected chi connectivity index (χ0v) is 34.5. The van der Waals surface area contributed by atoms with Gasteiger partial charge in [-0.25, -0.2) is 0 Å². The van der Waals surface area contributed by atoms with Crippen LogP contribution in [0.3, 0.4) is 0 Å². The Labute approximate surface area is 347 Å². The number of nitrogens with zero attached hydrogens (tertiary/aromatic N) is 1. The summed E-state index contributed by atoms with van der Waals surface area (Å²) in [5.74, 6) is -4.31. The molecule has 20 heteroatoms. The van der Waals surface area contributed by atoms with E-state index in [0.29, 0.717) is 25.9 Å². The number of hydrogen-bond acceptors (Lipinski definition) is 14. The Morgan fingerprint density at radius 2 is 1.58 bits per heavy atom. The van der Waals surface area contributed by atoms with Gasteiger partial charge in [-0.3, -0.25) is 19.2 Å². The van der Waals surface area contributed by atoms with Gasteiger partial charge in [-0.1, -0.05) is 45.4 Å². The fraction of sp³-hybridized carbons (Fsp3) is 0.900. The quantitative estimate of drug-likeness (QED) is 0.0991. The molecule has 60 heavy (non-hydrogen) atoms. The Morgan fingerprint density at radius 1 is 0.883 bits per heavy atom. The van der Waals surface area contributed by atoms with Crippen LogP contribution in [0.1, 0.15) is 97.8 Å². The molecular formula is C40H64F3N3O14. The molecule has 5 aliphatic rings. The summed E-state index contributed by atoms with van der Waals surface area (Å²) in [6.07, 6.45) is -14.7. The van der Waals surface area contributed by atoms with E-state index in [4.69, 9.17) is 23.7 Å². The van der Waals surface area contributed by atoms with Gasteiger partial charge in [-0.2, -0.15) is 13.2 Å². The van der Waals surface area contributed by atoms with Crippen molar-refractivity contribution in [3.8, 4) is 0 Å². The van der Waals surface area contributed by atoms with Crippen LogP contribution in [0.5, 0.6) is 0 Å². The Morgan fingerprint density at radius 3 is 2.18 bits per heavy atom. The fourth-order valence-electron chi connectivity index (χ4n) is 9.13. The van der Waals surface area contributed by atoms with Crippen molar-refractivity contribution in [2.24, 2.45) is 17.8 Å². The first-order chi connectivity index (χ1) is 28.4. The van der Waals surface area contributed by atoms with E-state index in [1.807, 2.05) is 6.92 Å². The Hall–Kier alpha value is -2.53. The lowest BCUT2D eigenvalue weighted by molar-refractivity contribution is -0.338. The number of nitrogens with one attached hydrogen (secondary N) is 2. The van der Waals surface area contributed by atoms with Crippen molar-refractivity contribution in [1.82, 2.24) is 15.5 Å². The van der Waals surface area contributed by atoms with Crippen LogP contribution < -0.4 is 10.6 Å². The van der Waals surface area contributed by atoms with E-state index >= 15 is 0 Å². The van der Waals surface area contributed by atoms with Crippen molar-refractivity contribution in [2.75, 3.05) is 26.2 Å². The molecule has 5 fully saturated rings. The molecule has 0 radical (unpaired) electrons. The van der Waals surface area contributed by atoms with E-state index in [1.165, 1.54) is 13.8 Å². The van der Waals surface area contributed by atoms with Gasteiger partial charge < -0.3 is 64.8 Å². The zero-order chi connectivity index (χ0) is 43.9. The predicted molar refractivity (Wildman–Crippen MR) is 202 cm³/mol. The van der Waals surface area contributed by atoms with Crippen LogP contribution in [0.25, 0.3) is 0 Å². The van der Waals surface area contributed by atoms with E-state index in [-0.39, 0.29) is 43.3 Å². The summed E-state index contributed by atoms with van der Waals surface area (Å²) in [7, 11) is 0. The van der Waals surface area contributed by atoms with Gasteiger partial charge in [0.15, 0.2) is 12.6 Å². The van der Waals surface area contributed by atoms with Crippen LogP contribution in [0.4, 0.5) is 13.2 Å². The lowest BCUT2D eigenvalue weighted by Gasteiger charge is -2.49. The molecule has 0 aromatic heterocycles. The molecule has 17 nitrogen and oxygen atoms in total. The highest BCUT2D eigenvalue weighted by Crippen LogP contribution is 2.40. The average molecular weight is 868 g/mol. The molecule has 0 aromatic rings. The normalized spacial score (nSPS) is 37.1. The van der Waals surface area contributed by atoms with Gasteiger partial charge in [-0.05, 0) is 50.9 Å². The summed E-state index contributed by atoms with van der Waals surface area (Å²) in [5, 5.41) is 58.4. The van der Waals surface area contributed by atoms with Crippen molar-refractivity contribution in [1.29, 1.82) is 0 Å². The highest BCUT2D eigenvalue weighted by Gasteiger charge is 2.53. The van der Waals surface area contributed by atoms with Gasteiger partial charge in [0.05, 0.1) is 24.9 Å². The highest BCUT2D eigenvalue weighted by molar-refractivity contribution is 5.83. The van der Waals surface area contributed by atoms with Crippen molar-refractivity contribution < 1.29 is 81.6 Å². The lowest BCUT2D eigenvalue weighted by atomic mass is 9.74. The molecule has 2 saturated carbocycles. The lowest BCUT2D eigenvalue weighted by Crippen LogP contribution is -2.67. The number of amides is 3. The number of halogens is 3. The van der Waals surface area contributed by atoms with Crippen LogP contribution in [-0.2, 0) is 42.9 Å². The summed E-state index contributed by atoms with van der Waals surface area (Å²) < 4.78 is 69.7. The standard InChI is InChI=1S/C40H64F3N3O14/c1-4-23-17-24(25(49)12-8-13-44-39(55)40(41,42)43)18-26(34(23)60-38-33(53)32(52)30(50)20(2)56-38)58-37-29(45-21(3)48)35(31(51)28(19-47)59-37)57-27(36(54)46-14-9-15-46)16-22-10-6-5-7-11-22/h20,22-24,26-35,37-38,47,50-53H,4-19H2,1-3H3,(H,44,55)(H,45,48)/t20?,23?,24?,26-,27+,28+,29?,30-,31+,32+,33?,34-,35?,37-,38+/m1/s1. The number of alkyl halides is 3. The smallest absolute Gasteiger partial charge is 0.394 e. The average Bonchev–Trinajstić information content (AvgIpc) is 3.18. The van der Waals surface area contributed by atoms with Gasteiger partial charge in [0.2, 0.25) is 5.91 Å². The number of ketones is 1. The summed E-state index contributed by atoms with van der Waals surface area (Å²) in [6, 6.07) is -1.28. The maximum Gasteiger partial charge on any atom is 0.471 e. The van der Waals surface area contributed by atoms with E-state index in [2.05, 4.69) is 5.32 Å². The predicted octanol–water partition coefficient (Wildman–Crippen LogP) is 0.588. The van der Waals surface area contributed by atoms with Crippen molar-refractivity contribution in [3.05, 3.63) is 0 Å². The maximum absolute atomic E-state index is 13.9. The first kappa shape index (κ1) is 48.5. The van der Waals surface area contributed by atoms with Crippen LogP contribution in [0.2, 0.25) is 0 Å². The minimum absolute atomic E-state index is 0.0687. The molecule has 344 valence electrons. The summed E-state index contributed by atoms with van der Waals surface area (Å²) >= 11 is 0. The molecule has 5 rings (SSSR count). The third-order valence-corrected chi connectivity index (χ3v) is 12.7. The summed E-state index contributed by atoms with van der Waals surface area (Å²) in [4.78, 5) is 53.4. The second-order valence-electron chi connectivity index (χ2n) is 17.1. The zero-order valence-electron chi connectivity index (χ0n) is 34.5. The molecule has 6 unspecified atom stereocenters. The number of carbonyl (C=O) groups excluding carboxylic acids is 4. The largest absolute Gasteiger partial charge is 0.471 e. The molecule has 3 saturated heterocycles. The third kappa shape index (κ3) is 12.1. The van der Waals surface area contributed by atoms with Gasteiger partial charge in [0.25, 0.3) is 5.91 Å². The molecule has 7 N–H and O–H groups in total. The monoisotopic (exact) mass is 867 g/mol. The van der Waals surface area contributed by atoms with E-state index in [1.54, 1.807) is 10.2 Å². The molecule has 3 aliphatic heterocycles. The second-order valence-corrected chi connectivity index (χ2v) is 17.1. The van der Waals surface area contributed by atoms with Crippen molar-refractivity contribution >= 4 is 23.5 Å². The first-order valence-electron chi connectivity index (χ1n) is 21.5. The minimum Gasteiger partial charge on any atom is -0.394 e. The molecular weight excluding hydrogens is 803 g/mol. The fourth-order valence-corrected chi connectivity index (χ4v) is 9.13. The number of likely N-dealkylation sites (tertiary alicyclic amines) is 1. The van der Waals surface area contributed by atoms with Crippen LogP contribution in [0.15, 0.2) is 0 Å². The van der Waals surface area contributed by atoms with Gasteiger partial charge >= 0.3 is 12.1 Å². The SMILES string of the molecule is CCC1CC(C(=O)CCCNC(=O)C(F)(F)F)C[C@@H](O[C@@H]2O[C@@H](CO)[C@H](O)C(O[C@@H](CC3CCCCC3)C(=O)N3CCC3)C2NC(C)=O)[C@@H]1O[C@@H]1OC(C)[C@@H](O)[C@H](O)C1O.